The summed E-state index contributed by atoms with van der Waals surface area (Å²) in [5.41, 5.74) is 2.32. The molecule has 2 heterocycles. The minimum absolute atomic E-state index is 0.0428. The van der Waals surface area contributed by atoms with Gasteiger partial charge < -0.3 is 15.5 Å². The van der Waals surface area contributed by atoms with Gasteiger partial charge in [0.2, 0.25) is 5.90 Å². The van der Waals surface area contributed by atoms with E-state index in [-0.39, 0.29) is 5.90 Å². The van der Waals surface area contributed by atoms with E-state index < -0.39 is 0 Å². The smallest absolute Gasteiger partial charge is 0.222 e. The van der Waals surface area contributed by atoms with Crippen molar-refractivity contribution in [1.29, 1.82) is 10.8 Å². The highest BCUT2D eigenvalue weighted by Crippen LogP contribution is 2.40. The Balaban J connectivity index is 2.03. The Hall–Kier alpha value is -2.24. The van der Waals surface area contributed by atoms with E-state index in [2.05, 4.69) is 15.3 Å². The molecule has 0 aromatic carbocycles. The molecular formula is C14H17N5O. The number of nitrogens with zero attached hydrogens (tertiary/aromatic N) is 2. The van der Waals surface area contributed by atoms with E-state index in [1.165, 1.54) is 12.7 Å². The first-order valence-electron chi connectivity index (χ1n) is 6.73. The summed E-state index contributed by atoms with van der Waals surface area (Å²) < 4.78 is 5.53. The number of anilines is 1. The maximum atomic E-state index is 7.98. The van der Waals surface area contributed by atoms with Crippen molar-refractivity contribution in [3.05, 3.63) is 17.6 Å². The number of hydrogen-bond donors (Lipinski definition) is 3. The summed E-state index contributed by atoms with van der Waals surface area (Å²) in [6.07, 6.45) is 4.99. The molecule has 3 N–H and O–H groups in total. The zero-order valence-corrected chi connectivity index (χ0v) is 11.6. The molecule has 1 fully saturated rings. The van der Waals surface area contributed by atoms with Gasteiger partial charge in [0.15, 0.2) is 11.6 Å². The van der Waals surface area contributed by atoms with E-state index in [1.807, 2.05) is 6.92 Å². The summed E-state index contributed by atoms with van der Waals surface area (Å²) >= 11 is 0. The lowest BCUT2D eigenvalue weighted by Crippen LogP contribution is -2.27. The van der Waals surface area contributed by atoms with Gasteiger partial charge in [-0.15, -0.1) is 0 Å². The molecule has 6 heteroatoms. The van der Waals surface area contributed by atoms with Crippen molar-refractivity contribution in [2.75, 3.05) is 5.32 Å². The van der Waals surface area contributed by atoms with Crippen LogP contribution in [0.15, 0.2) is 11.9 Å². The summed E-state index contributed by atoms with van der Waals surface area (Å²) in [4.78, 5) is 8.46. The lowest BCUT2D eigenvalue weighted by atomic mass is 9.93. The second-order valence-corrected chi connectivity index (χ2v) is 5.23. The summed E-state index contributed by atoms with van der Waals surface area (Å²) in [6, 6.07) is 0.436. The van der Waals surface area contributed by atoms with Crippen molar-refractivity contribution in [3.63, 3.8) is 0 Å². The lowest BCUT2D eigenvalue weighted by molar-refractivity contribution is 0.442. The van der Waals surface area contributed by atoms with Crippen molar-refractivity contribution < 1.29 is 4.74 Å². The SMILES string of the molecule is CC(=N)/C(C)=C1\C(=N)Oc2c(NC3CCC3)ncnc21. The highest BCUT2D eigenvalue weighted by atomic mass is 16.5. The van der Waals surface area contributed by atoms with Crippen LogP contribution in [0.3, 0.4) is 0 Å². The molecule has 104 valence electrons. The maximum absolute atomic E-state index is 7.98. The molecule has 3 rings (SSSR count). The average Bonchev–Trinajstić information content (AvgIpc) is 2.69. The number of allylic oxidation sites excluding steroid dienone is 1. The van der Waals surface area contributed by atoms with E-state index in [0.717, 1.165) is 12.8 Å². The van der Waals surface area contributed by atoms with Crippen LogP contribution in [0.2, 0.25) is 0 Å². The van der Waals surface area contributed by atoms with Crippen molar-refractivity contribution in [2.45, 2.75) is 39.2 Å². The fourth-order valence-electron chi connectivity index (χ4n) is 2.29. The lowest BCUT2D eigenvalue weighted by Gasteiger charge is -2.27. The van der Waals surface area contributed by atoms with Gasteiger partial charge >= 0.3 is 0 Å². The summed E-state index contributed by atoms with van der Waals surface area (Å²) in [6.45, 7) is 3.51. The number of nitrogens with one attached hydrogen (secondary N) is 3. The van der Waals surface area contributed by atoms with Crippen LogP contribution in [0.4, 0.5) is 5.82 Å². The van der Waals surface area contributed by atoms with Crippen LogP contribution in [0.5, 0.6) is 5.75 Å². The van der Waals surface area contributed by atoms with Gasteiger partial charge in [0.05, 0.1) is 5.57 Å². The molecule has 0 bridgehead atoms. The Labute approximate surface area is 117 Å². The standard InChI is InChI=1S/C14H17N5O/c1-7(8(2)15)10-11-12(20-13(10)16)14(18-6-17-11)19-9-4-3-5-9/h6,9,15-16H,3-5H2,1-2H3,(H,17,18,19)/b10-7-,15-8?,16-13?. The Morgan fingerprint density at radius 1 is 1.35 bits per heavy atom. The quantitative estimate of drug-likeness (QED) is 0.736. The molecule has 0 radical (unpaired) electrons. The van der Waals surface area contributed by atoms with E-state index in [1.54, 1.807) is 6.92 Å². The zero-order chi connectivity index (χ0) is 14.3. The number of rotatable bonds is 3. The van der Waals surface area contributed by atoms with E-state index in [0.29, 0.717) is 40.2 Å². The molecule has 1 aliphatic carbocycles. The third-order valence-corrected chi connectivity index (χ3v) is 3.86. The largest absolute Gasteiger partial charge is 0.433 e. The first-order valence-corrected chi connectivity index (χ1v) is 6.73. The Morgan fingerprint density at radius 2 is 2.10 bits per heavy atom. The van der Waals surface area contributed by atoms with Crippen molar-refractivity contribution >= 4 is 23.0 Å². The second kappa shape index (κ2) is 4.70. The van der Waals surface area contributed by atoms with E-state index >= 15 is 0 Å². The van der Waals surface area contributed by atoms with E-state index in [9.17, 15) is 0 Å². The van der Waals surface area contributed by atoms with Crippen LogP contribution in [0.25, 0.3) is 5.57 Å². The zero-order valence-electron chi connectivity index (χ0n) is 11.6. The number of aromatic nitrogens is 2. The highest BCUT2D eigenvalue weighted by molar-refractivity contribution is 6.28. The fraction of sp³-hybridized carbons (Fsp3) is 0.429. The predicted octanol–water partition coefficient (Wildman–Crippen LogP) is 2.62. The minimum Gasteiger partial charge on any atom is -0.433 e. The van der Waals surface area contributed by atoms with Crippen LogP contribution in [-0.4, -0.2) is 27.6 Å². The second-order valence-electron chi connectivity index (χ2n) is 5.23. The molecule has 0 atom stereocenters. The van der Waals surface area contributed by atoms with Crippen LogP contribution in [0.1, 0.15) is 38.8 Å². The van der Waals surface area contributed by atoms with Gasteiger partial charge in [0.25, 0.3) is 0 Å². The van der Waals surface area contributed by atoms with Gasteiger partial charge in [-0.2, -0.15) is 0 Å². The van der Waals surface area contributed by atoms with Gasteiger partial charge in [-0.1, -0.05) is 0 Å². The van der Waals surface area contributed by atoms with Crippen molar-refractivity contribution in [1.82, 2.24) is 9.97 Å². The molecule has 1 aromatic heterocycles. The van der Waals surface area contributed by atoms with Crippen molar-refractivity contribution in [2.24, 2.45) is 0 Å². The maximum Gasteiger partial charge on any atom is 0.222 e. The monoisotopic (exact) mass is 271 g/mol. The third-order valence-electron chi connectivity index (χ3n) is 3.86. The van der Waals surface area contributed by atoms with Gasteiger partial charge in [0.1, 0.15) is 12.0 Å². The number of hydrogen-bond acceptors (Lipinski definition) is 6. The third kappa shape index (κ3) is 1.97. The Morgan fingerprint density at radius 3 is 2.70 bits per heavy atom. The Kier molecular flexibility index (Phi) is 3.00. The molecule has 0 spiro atoms. The molecule has 2 aliphatic rings. The van der Waals surface area contributed by atoms with E-state index in [4.69, 9.17) is 15.6 Å². The topological polar surface area (TPSA) is 94.7 Å². The normalized spacial score (nSPS) is 20.0. The fourth-order valence-corrected chi connectivity index (χ4v) is 2.29. The van der Waals surface area contributed by atoms with Gasteiger partial charge in [-0.05, 0) is 38.7 Å². The summed E-state index contributed by atoms with van der Waals surface area (Å²) in [5, 5.41) is 19.1. The molecule has 6 nitrogen and oxygen atoms in total. The molecule has 1 aliphatic heterocycles. The number of ether oxygens (including phenoxy) is 1. The molecule has 0 saturated heterocycles. The average molecular weight is 271 g/mol. The van der Waals surface area contributed by atoms with Gasteiger partial charge in [-0.3, -0.25) is 5.41 Å². The summed E-state index contributed by atoms with van der Waals surface area (Å²) in [7, 11) is 0. The molecule has 0 amide bonds. The van der Waals surface area contributed by atoms with Crippen LogP contribution < -0.4 is 10.1 Å². The highest BCUT2D eigenvalue weighted by Gasteiger charge is 2.32. The summed E-state index contributed by atoms with van der Waals surface area (Å²) in [5.74, 6) is 1.20. The molecular weight excluding hydrogens is 254 g/mol. The first kappa shape index (κ1) is 12.8. The predicted molar refractivity (Wildman–Crippen MR) is 77.6 cm³/mol. The van der Waals surface area contributed by atoms with Crippen LogP contribution in [-0.2, 0) is 0 Å². The molecule has 0 unspecified atom stereocenters. The molecule has 1 aromatic rings. The molecule has 1 saturated carbocycles. The van der Waals surface area contributed by atoms with Gasteiger partial charge in [0, 0.05) is 11.8 Å². The molecule has 20 heavy (non-hydrogen) atoms. The van der Waals surface area contributed by atoms with Crippen molar-refractivity contribution in [3.8, 4) is 5.75 Å². The minimum atomic E-state index is 0.0428. The number of fused-ring (bicyclic) bond motifs is 1. The van der Waals surface area contributed by atoms with Gasteiger partial charge in [-0.25, -0.2) is 9.97 Å². The Bertz CT molecular complexity index is 630. The first-order chi connectivity index (χ1) is 9.58. The van der Waals surface area contributed by atoms with Crippen LogP contribution >= 0.6 is 0 Å². The van der Waals surface area contributed by atoms with Crippen LogP contribution in [0, 0.1) is 10.8 Å².